The van der Waals surface area contributed by atoms with E-state index in [4.69, 9.17) is 4.74 Å². The fourth-order valence-electron chi connectivity index (χ4n) is 2.54. The van der Waals surface area contributed by atoms with Crippen molar-refractivity contribution in [2.75, 3.05) is 6.61 Å². The van der Waals surface area contributed by atoms with Crippen molar-refractivity contribution < 1.29 is 9.84 Å². The van der Waals surface area contributed by atoms with Crippen molar-refractivity contribution in [2.24, 2.45) is 5.41 Å². The lowest BCUT2D eigenvalue weighted by Gasteiger charge is -2.40. The van der Waals surface area contributed by atoms with Crippen molar-refractivity contribution in [2.45, 2.75) is 52.1 Å². The van der Waals surface area contributed by atoms with E-state index in [1.165, 1.54) is 0 Å². The van der Waals surface area contributed by atoms with Crippen LogP contribution in [0.5, 0.6) is 5.75 Å². The van der Waals surface area contributed by atoms with Crippen LogP contribution in [0.2, 0.25) is 0 Å². The van der Waals surface area contributed by atoms with Crippen molar-refractivity contribution in [3.63, 3.8) is 0 Å². The SMILES string of the molecule is CC(C)(C)C(O)(CCCCOc1ccccc1)Cc1nc[nH]n1. The number of rotatable bonds is 8. The second-order valence-corrected chi connectivity index (χ2v) is 6.99. The fourth-order valence-corrected chi connectivity index (χ4v) is 2.54. The summed E-state index contributed by atoms with van der Waals surface area (Å²) in [6, 6.07) is 9.80. The first-order valence-corrected chi connectivity index (χ1v) is 8.16. The number of unbranched alkanes of at least 4 members (excludes halogenated alkanes) is 1. The number of H-pyrrole nitrogens is 1. The molecule has 0 bridgehead atoms. The normalized spacial score (nSPS) is 14.4. The van der Waals surface area contributed by atoms with Gasteiger partial charge in [-0.15, -0.1) is 0 Å². The molecule has 0 spiro atoms. The number of benzene rings is 1. The molecule has 2 aromatic rings. The van der Waals surface area contributed by atoms with Crippen LogP contribution in [0, 0.1) is 5.41 Å². The van der Waals surface area contributed by atoms with Gasteiger partial charge in [-0.2, -0.15) is 5.10 Å². The molecule has 1 aromatic heterocycles. The first-order valence-electron chi connectivity index (χ1n) is 8.16. The monoisotopic (exact) mass is 317 g/mol. The zero-order chi connectivity index (χ0) is 16.8. The molecule has 0 radical (unpaired) electrons. The molecule has 0 saturated heterocycles. The maximum atomic E-state index is 11.1. The average molecular weight is 317 g/mol. The van der Waals surface area contributed by atoms with E-state index in [1.54, 1.807) is 6.33 Å². The molecule has 0 aliphatic heterocycles. The molecule has 1 heterocycles. The number of aromatic amines is 1. The highest BCUT2D eigenvalue weighted by molar-refractivity contribution is 5.20. The fraction of sp³-hybridized carbons (Fsp3) is 0.556. The Kier molecular flexibility index (Phi) is 5.77. The molecule has 2 rings (SSSR count). The van der Waals surface area contributed by atoms with Crippen molar-refractivity contribution >= 4 is 0 Å². The number of aromatic nitrogens is 3. The van der Waals surface area contributed by atoms with Gasteiger partial charge in [-0.25, -0.2) is 4.98 Å². The van der Waals surface area contributed by atoms with E-state index in [1.807, 2.05) is 30.3 Å². The Labute approximate surface area is 138 Å². The topological polar surface area (TPSA) is 71.0 Å². The summed E-state index contributed by atoms with van der Waals surface area (Å²) >= 11 is 0. The molecule has 1 aromatic carbocycles. The third kappa shape index (κ3) is 5.06. The molecule has 1 unspecified atom stereocenters. The smallest absolute Gasteiger partial charge is 0.153 e. The zero-order valence-electron chi connectivity index (χ0n) is 14.2. The molecule has 126 valence electrons. The number of nitrogens with one attached hydrogen (secondary N) is 1. The second-order valence-electron chi connectivity index (χ2n) is 6.99. The maximum Gasteiger partial charge on any atom is 0.153 e. The Morgan fingerprint density at radius 2 is 1.87 bits per heavy atom. The van der Waals surface area contributed by atoms with Crippen molar-refractivity contribution in [1.82, 2.24) is 15.2 Å². The molecule has 1 atom stereocenters. The van der Waals surface area contributed by atoms with E-state index in [-0.39, 0.29) is 5.41 Å². The van der Waals surface area contributed by atoms with Crippen molar-refractivity contribution in [1.29, 1.82) is 0 Å². The lowest BCUT2D eigenvalue weighted by Crippen LogP contribution is -2.45. The minimum absolute atomic E-state index is 0.242. The minimum atomic E-state index is -0.831. The van der Waals surface area contributed by atoms with Gasteiger partial charge >= 0.3 is 0 Å². The van der Waals surface area contributed by atoms with E-state index in [2.05, 4.69) is 36.0 Å². The van der Waals surface area contributed by atoms with Gasteiger partial charge in [0.1, 0.15) is 12.1 Å². The van der Waals surface area contributed by atoms with Gasteiger partial charge in [-0.1, -0.05) is 39.0 Å². The number of hydrogen-bond acceptors (Lipinski definition) is 4. The Balaban J connectivity index is 1.82. The Bertz CT molecular complexity index is 564. The molecule has 23 heavy (non-hydrogen) atoms. The van der Waals surface area contributed by atoms with E-state index in [0.29, 0.717) is 25.3 Å². The van der Waals surface area contributed by atoms with Crippen LogP contribution in [0.25, 0.3) is 0 Å². The van der Waals surface area contributed by atoms with Gasteiger partial charge in [-0.05, 0) is 36.8 Å². The number of nitrogens with zero attached hydrogens (tertiary/aromatic N) is 2. The largest absolute Gasteiger partial charge is 0.494 e. The molecule has 0 amide bonds. The quantitative estimate of drug-likeness (QED) is 0.732. The standard InChI is InChI=1S/C18H27N3O2/c1-17(2,3)18(22,13-16-19-14-20-21-16)11-7-8-12-23-15-9-5-4-6-10-15/h4-6,9-10,14,22H,7-8,11-13H2,1-3H3,(H,19,20,21). The number of aliphatic hydroxyl groups is 1. The van der Waals surface area contributed by atoms with Crippen LogP contribution in [0.3, 0.4) is 0 Å². The van der Waals surface area contributed by atoms with Crippen LogP contribution >= 0.6 is 0 Å². The van der Waals surface area contributed by atoms with E-state index < -0.39 is 5.60 Å². The summed E-state index contributed by atoms with van der Waals surface area (Å²) in [5.74, 6) is 1.54. The lowest BCUT2D eigenvalue weighted by atomic mass is 9.71. The predicted octanol–water partition coefficient (Wildman–Crippen LogP) is 3.37. The molecular weight excluding hydrogens is 290 g/mol. The molecule has 0 aliphatic carbocycles. The summed E-state index contributed by atoms with van der Waals surface area (Å²) in [5.41, 5.74) is -1.07. The molecule has 0 fully saturated rings. The number of hydrogen-bond donors (Lipinski definition) is 2. The van der Waals surface area contributed by atoms with Crippen molar-refractivity contribution in [3.8, 4) is 5.75 Å². The summed E-state index contributed by atoms with van der Waals surface area (Å²) < 4.78 is 5.70. The van der Waals surface area contributed by atoms with Gasteiger partial charge in [-0.3, -0.25) is 5.10 Å². The lowest BCUT2D eigenvalue weighted by molar-refractivity contribution is -0.0674. The first-order chi connectivity index (χ1) is 10.9. The van der Waals surface area contributed by atoms with Gasteiger partial charge in [0.25, 0.3) is 0 Å². The third-order valence-corrected chi connectivity index (χ3v) is 4.31. The minimum Gasteiger partial charge on any atom is -0.494 e. The van der Waals surface area contributed by atoms with Gasteiger partial charge < -0.3 is 9.84 Å². The highest BCUT2D eigenvalue weighted by Gasteiger charge is 2.40. The van der Waals surface area contributed by atoms with E-state index >= 15 is 0 Å². The van der Waals surface area contributed by atoms with Gasteiger partial charge in [0, 0.05) is 6.42 Å². The van der Waals surface area contributed by atoms with Gasteiger partial charge in [0.2, 0.25) is 0 Å². The third-order valence-electron chi connectivity index (χ3n) is 4.31. The predicted molar refractivity (Wildman–Crippen MR) is 90.3 cm³/mol. The van der Waals surface area contributed by atoms with Crippen LogP contribution in [-0.4, -0.2) is 32.5 Å². The van der Waals surface area contributed by atoms with Crippen LogP contribution in [-0.2, 0) is 6.42 Å². The van der Waals surface area contributed by atoms with Crippen molar-refractivity contribution in [3.05, 3.63) is 42.5 Å². The summed E-state index contributed by atoms with van der Waals surface area (Å²) in [6.07, 6.45) is 4.50. The molecule has 0 aliphatic rings. The summed E-state index contributed by atoms with van der Waals surface area (Å²) in [6.45, 7) is 6.82. The summed E-state index contributed by atoms with van der Waals surface area (Å²) in [4.78, 5) is 4.15. The Morgan fingerprint density at radius 3 is 2.48 bits per heavy atom. The maximum absolute atomic E-state index is 11.1. The zero-order valence-corrected chi connectivity index (χ0v) is 14.2. The number of para-hydroxylation sites is 1. The van der Waals surface area contributed by atoms with Gasteiger partial charge in [0.05, 0.1) is 12.2 Å². The summed E-state index contributed by atoms with van der Waals surface area (Å²) in [5, 5.41) is 17.9. The molecular formula is C18H27N3O2. The second kappa shape index (κ2) is 7.59. The number of ether oxygens (including phenoxy) is 1. The van der Waals surface area contributed by atoms with Crippen LogP contribution in [0.1, 0.15) is 45.9 Å². The highest BCUT2D eigenvalue weighted by atomic mass is 16.5. The van der Waals surface area contributed by atoms with E-state index in [9.17, 15) is 5.11 Å². The van der Waals surface area contributed by atoms with Crippen LogP contribution < -0.4 is 4.74 Å². The molecule has 0 saturated carbocycles. The van der Waals surface area contributed by atoms with E-state index in [0.717, 1.165) is 18.6 Å². The molecule has 2 N–H and O–H groups in total. The Morgan fingerprint density at radius 1 is 1.13 bits per heavy atom. The first kappa shape index (κ1) is 17.5. The average Bonchev–Trinajstić information content (AvgIpc) is 2.99. The molecule has 5 nitrogen and oxygen atoms in total. The van der Waals surface area contributed by atoms with Gasteiger partial charge in [0.15, 0.2) is 5.82 Å². The van der Waals surface area contributed by atoms with Crippen LogP contribution in [0.15, 0.2) is 36.7 Å². The molecule has 5 heteroatoms. The highest BCUT2D eigenvalue weighted by Crippen LogP contribution is 2.36. The summed E-state index contributed by atoms with van der Waals surface area (Å²) in [7, 11) is 0. The Hall–Kier alpha value is -1.88. The van der Waals surface area contributed by atoms with Crippen LogP contribution in [0.4, 0.5) is 0 Å².